The van der Waals surface area contributed by atoms with E-state index in [0.717, 1.165) is 42.7 Å². The Morgan fingerprint density at radius 1 is 1.10 bits per heavy atom. The van der Waals surface area contributed by atoms with Crippen molar-refractivity contribution in [2.24, 2.45) is 5.92 Å². The van der Waals surface area contributed by atoms with Crippen LogP contribution in [0.15, 0.2) is 24.3 Å². The predicted molar refractivity (Wildman–Crippen MR) is 84.6 cm³/mol. The van der Waals surface area contributed by atoms with E-state index in [1.165, 1.54) is 18.5 Å². The number of para-hydroxylation sites is 2. The van der Waals surface area contributed by atoms with Gasteiger partial charge in [0.25, 0.3) is 0 Å². The second-order valence-electron chi connectivity index (χ2n) is 5.96. The van der Waals surface area contributed by atoms with E-state index >= 15 is 0 Å². The van der Waals surface area contributed by atoms with Crippen molar-refractivity contribution in [2.45, 2.75) is 25.3 Å². The van der Waals surface area contributed by atoms with Crippen LogP contribution in [0, 0.1) is 5.92 Å². The number of thioether (sulfide) groups is 1. The molecule has 1 saturated carbocycles. The van der Waals surface area contributed by atoms with E-state index in [2.05, 4.69) is 29.2 Å². The van der Waals surface area contributed by atoms with Crippen molar-refractivity contribution in [1.29, 1.82) is 0 Å². The molecule has 1 aromatic carbocycles. The lowest BCUT2D eigenvalue weighted by Crippen LogP contribution is -2.47. The summed E-state index contributed by atoms with van der Waals surface area (Å²) in [7, 11) is 0. The summed E-state index contributed by atoms with van der Waals surface area (Å²) < 4.78 is 0. The molecule has 0 spiro atoms. The highest BCUT2D eigenvalue weighted by Crippen LogP contribution is 2.40. The Morgan fingerprint density at radius 3 is 2.60 bits per heavy atom. The van der Waals surface area contributed by atoms with Crippen molar-refractivity contribution in [2.75, 3.05) is 34.4 Å². The normalized spacial score (nSPS) is 25.7. The van der Waals surface area contributed by atoms with Gasteiger partial charge in [-0.05, 0) is 37.1 Å². The van der Waals surface area contributed by atoms with Gasteiger partial charge in [0.1, 0.15) is 0 Å². The van der Waals surface area contributed by atoms with Crippen LogP contribution in [0.3, 0.4) is 0 Å². The summed E-state index contributed by atoms with van der Waals surface area (Å²) in [5, 5.41) is 0. The van der Waals surface area contributed by atoms with Crippen LogP contribution in [0.1, 0.15) is 19.3 Å². The van der Waals surface area contributed by atoms with Gasteiger partial charge in [-0.3, -0.25) is 4.79 Å². The van der Waals surface area contributed by atoms with Crippen molar-refractivity contribution in [3.8, 4) is 0 Å². The topological polar surface area (TPSA) is 23.6 Å². The first-order valence-electron chi connectivity index (χ1n) is 7.59. The Kier molecular flexibility index (Phi) is 3.14. The SMILES string of the molecule is O=C([C@H]1CCSC1)N1CCN(C2CC2)c2ccccc21. The molecule has 20 heavy (non-hydrogen) atoms. The fourth-order valence-corrected chi connectivity index (χ4v) is 4.54. The second kappa shape index (κ2) is 4.99. The highest BCUT2D eigenvalue weighted by Gasteiger charge is 2.37. The molecule has 2 heterocycles. The molecule has 2 fully saturated rings. The molecule has 4 rings (SSSR count). The highest BCUT2D eigenvalue weighted by molar-refractivity contribution is 7.99. The molecule has 3 nitrogen and oxygen atoms in total. The van der Waals surface area contributed by atoms with E-state index in [1.807, 2.05) is 16.7 Å². The number of benzene rings is 1. The minimum Gasteiger partial charge on any atom is -0.365 e. The van der Waals surface area contributed by atoms with Gasteiger partial charge in [-0.15, -0.1) is 0 Å². The van der Waals surface area contributed by atoms with Crippen molar-refractivity contribution in [3.63, 3.8) is 0 Å². The summed E-state index contributed by atoms with van der Waals surface area (Å²) in [4.78, 5) is 17.3. The lowest BCUT2D eigenvalue weighted by atomic mass is 10.1. The third-order valence-electron chi connectivity index (χ3n) is 4.58. The van der Waals surface area contributed by atoms with Gasteiger partial charge in [0.2, 0.25) is 5.91 Å². The van der Waals surface area contributed by atoms with Gasteiger partial charge in [-0.2, -0.15) is 11.8 Å². The standard InChI is InChI=1S/C16H20N2OS/c19-16(12-7-10-20-11-12)18-9-8-17(13-5-6-13)14-3-1-2-4-15(14)18/h1-4,12-13H,5-11H2/t12-/m0/s1. The number of anilines is 2. The Bertz CT molecular complexity index is 523. The number of amides is 1. The van der Waals surface area contributed by atoms with Gasteiger partial charge < -0.3 is 9.80 Å². The first-order valence-corrected chi connectivity index (χ1v) is 8.75. The lowest BCUT2D eigenvalue weighted by Gasteiger charge is -2.38. The monoisotopic (exact) mass is 288 g/mol. The molecular weight excluding hydrogens is 268 g/mol. The van der Waals surface area contributed by atoms with E-state index < -0.39 is 0 Å². The van der Waals surface area contributed by atoms with Gasteiger partial charge in [0.05, 0.1) is 11.4 Å². The average Bonchev–Trinajstić information content (AvgIpc) is 3.19. The number of fused-ring (bicyclic) bond motifs is 1. The number of carbonyl (C=O) groups is 1. The molecule has 0 radical (unpaired) electrons. The van der Waals surface area contributed by atoms with E-state index in [1.54, 1.807) is 0 Å². The molecule has 3 aliphatic rings. The van der Waals surface area contributed by atoms with Crippen LogP contribution in [0.5, 0.6) is 0 Å². The van der Waals surface area contributed by atoms with Gasteiger partial charge in [-0.1, -0.05) is 12.1 Å². The summed E-state index contributed by atoms with van der Waals surface area (Å²) in [5.41, 5.74) is 2.40. The first kappa shape index (κ1) is 12.6. The molecule has 1 amide bonds. The van der Waals surface area contributed by atoms with Gasteiger partial charge in [0.15, 0.2) is 0 Å². The maximum absolute atomic E-state index is 12.7. The Labute approximate surface area is 124 Å². The number of carbonyl (C=O) groups excluding carboxylic acids is 1. The van der Waals surface area contributed by atoms with Gasteiger partial charge in [-0.25, -0.2) is 0 Å². The third-order valence-corrected chi connectivity index (χ3v) is 5.74. The fourth-order valence-electron chi connectivity index (χ4n) is 3.33. The average molecular weight is 288 g/mol. The quantitative estimate of drug-likeness (QED) is 0.836. The van der Waals surface area contributed by atoms with Gasteiger partial charge in [0, 0.05) is 30.8 Å². The van der Waals surface area contributed by atoms with Crippen LogP contribution in [0.4, 0.5) is 11.4 Å². The largest absolute Gasteiger partial charge is 0.365 e. The second-order valence-corrected chi connectivity index (χ2v) is 7.11. The van der Waals surface area contributed by atoms with Crippen LogP contribution < -0.4 is 9.80 Å². The first-order chi connectivity index (χ1) is 9.84. The zero-order chi connectivity index (χ0) is 13.5. The zero-order valence-electron chi connectivity index (χ0n) is 11.6. The summed E-state index contributed by atoms with van der Waals surface area (Å²) in [6, 6.07) is 9.16. The van der Waals surface area contributed by atoms with Crippen LogP contribution in [0.2, 0.25) is 0 Å². The molecule has 106 valence electrons. The molecular formula is C16H20N2OS. The third kappa shape index (κ3) is 2.10. The maximum atomic E-state index is 12.7. The number of nitrogens with zero attached hydrogens (tertiary/aromatic N) is 2. The summed E-state index contributed by atoms with van der Waals surface area (Å²) in [6.45, 7) is 1.85. The van der Waals surface area contributed by atoms with Crippen LogP contribution in [0.25, 0.3) is 0 Å². The minimum absolute atomic E-state index is 0.237. The van der Waals surface area contributed by atoms with Crippen LogP contribution >= 0.6 is 11.8 Å². The lowest BCUT2D eigenvalue weighted by molar-refractivity contribution is -0.121. The molecule has 1 aliphatic carbocycles. The van der Waals surface area contributed by atoms with E-state index in [0.29, 0.717) is 5.91 Å². The molecule has 1 saturated heterocycles. The molecule has 0 aromatic heterocycles. The Morgan fingerprint density at radius 2 is 1.90 bits per heavy atom. The predicted octanol–water partition coefficient (Wildman–Crippen LogP) is 2.76. The highest BCUT2D eigenvalue weighted by atomic mass is 32.2. The number of rotatable bonds is 2. The van der Waals surface area contributed by atoms with Crippen molar-refractivity contribution in [1.82, 2.24) is 0 Å². The molecule has 4 heteroatoms. The summed E-state index contributed by atoms with van der Waals surface area (Å²) >= 11 is 1.91. The Hall–Kier alpha value is -1.16. The van der Waals surface area contributed by atoms with E-state index in [9.17, 15) is 4.79 Å². The molecule has 2 aliphatic heterocycles. The Balaban J connectivity index is 1.64. The number of hydrogen-bond acceptors (Lipinski definition) is 3. The zero-order valence-corrected chi connectivity index (χ0v) is 12.4. The fraction of sp³-hybridized carbons (Fsp3) is 0.562. The van der Waals surface area contributed by atoms with Crippen molar-refractivity contribution < 1.29 is 4.79 Å². The maximum Gasteiger partial charge on any atom is 0.231 e. The summed E-state index contributed by atoms with van der Waals surface area (Å²) in [6.07, 6.45) is 3.66. The molecule has 0 unspecified atom stereocenters. The minimum atomic E-state index is 0.237. The smallest absolute Gasteiger partial charge is 0.231 e. The van der Waals surface area contributed by atoms with E-state index in [4.69, 9.17) is 0 Å². The summed E-state index contributed by atoms with van der Waals surface area (Å²) in [5.74, 6) is 2.72. The van der Waals surface area contributed by atoms with Gasteiger partial charge >= 0.3 is 0 Å². The van der Waals surface area contributed by atoms with Crippen molar-refractivity contribution in [3.05, 3.63) is 24.3 Å². The van der Waals surface area contributed by atoms with Crippen molar-refractivity contribution >= 4 is 29.0 Å². The molecule has 1 aromatic rings. The van der Waals surface area contributed by atoms with Crippen LogP contribution in [-0.4, -0.2) is 36.5 Å². The molecule has 1 atom stereocenters. The molecule has 0 bridgehead atoms. The molecule has 0 N–H and O–H groups in total. The van der Waals surface area contributed by atoms with Crippen LogP contribution in [-0.2, 0) is 4.79 Å². The van der Waals surface area contributed by atoms with E-state index in [-0.39, 0.29) is 5.92 Å². The number of hydrogen-bond donors (Lipinski definition) is 0.